The summed E-state index contributed by atoms with van der Waals surface area (Å²) in [6, 6.07) is 32.5. The van der Waals surface area contributed by atoms with Crippen molar-refractivity contribution in [3.63, 3.8) is 0 Å². The summed E-state index contributed by atoms with van der Waals surface area (Å²) in [6.45, 7) is 2.37. The van der Waals surface area contributed by atoms with Gasteiger partial charge in [0, 0.05) is 5.92 Å². The molecule has 3 aromatic rings. The Balaban J connectivity index is 1.73. The predicted molar refractivity (Wildman–Crippen MR) is 103 cm³/mol. The van der Waals surface area contributed by atoms with Crippen LogP contribution in [0.3, 0.4) is 0 Å². The highest BCUT2D eigenvalue weighted by Gasteiger charge is 2.20. The molecule has 0 nitrogen and oxygen atoms in total. The van der Waals surface area contributed by atoms with Crippen molar-refractivity contribution in [2.45, 2.75) is 26.2 Å². The topological polar surface area (TPSA) is 0 Å². The molecule has 0 saturated heterocycles. The van der Waals surface area contributed by atoms with Gasteiger partial charge in [-0.25, -0.2) is 0 Å². The van der Waals surface area contributed by atoms with E-state index >= 15 is 0 Å². The Bertz CT molecular complexity index is 701. The van der Waals surface area contributed by atoms with Crippen LogP contribution in [0.25, 0.3) is 0 Å². The van der Waals surface area contributed by atoms with Gasteiger partial charge in [0.05, 0.1) is 0 Å². The number of benzene rings is 3. The highest BCUT2D eigenvalue weighted by Crippen LogP contribution is 2.30. The molecule has 0 fully saturated rings. The van der Waals surface area contributed by atoms with Gasteiger partial charge in [0.25, 0.3) is 0 Å². The number of hydrogen-bond acceptors (Lipinski definition) is 0. The minimum atomic E-state index is 0.563. The molecule has 1 radical (unpaired) electrons. The van der Waals surface area contributed by atoms with Gasteiger partial charge in [0.2, 0.25) is 0 Å². The molecular weight excluding hydrogens is 288 g/mol. The molecule has 0 aliphatic heterocycles. The number of rotatable bonds is 7. The third kappa shape index (κ3) is 4.58. The molecule has 0 saturated carbocycles. The molecule has 1 unspecified atom stereocenters. The lowest BCUT2D eigenvalue weighted by Crippen LogP contribution is -2.15. The number of aryl methyl sites for hydroxylation is 1. The second-order valence-corrected chi connectivity index (χ2v) is 6.48. The van der Waals surface area contributed by atoms with E-state index in [1.54, 1.807) is 0 Å². The second kappa shape index (κ2) is 8.49. The maximum Gasteiger partial charge on any atom is 0.0121 e. The van der Waals surface area contributed by atoms with E-state index in [2.05, 4.69) is 97.9 Å². The van der Waals surface area contributed by atoms with Crippen molar-refractivity contribution in [2.75, 3.05) is 0 Å². The van der Waals surface area contributed by atoms with E-state index in [0.717, 1.165) is 12.8 Å². The van der Waals surface area contributed by atoms with Crippen LogP contribution < -0.4 is 0 Å². The zero-order valence-electron chi connectivity index (χ0n) is 14.4. The molecule has 0 aromatic heterocycles. The first-order valence-electron chi connectivity index (χ1n) is 8.82. The minimum absolute atomic E-state index is 0.563. The summed E-state index contributed by atoms with van der Waals surface area (Å²) in [5, 5.41) is 0. The molecule has 121 valence electrons. The highest BCUT2D eigenvalue weighted by molar-refractivity contribution is 5.35. The maximum atomic E-state index is 2.37. The van der Waals surface area contributed by atoms with Gasteiger partial charge in [0.1, 0.15) is 0 Å². The van der Waals surface area contributed by atoms with Crippen LogP contribution in [0.15, 0.2) is 91.0 Å². The van der Waals surface area contributed by atoms with Crippen LogP contribution in [0.1, 0.15) is 30.0 Å². The van der Waals surface area contributed by atoms with Gasteiger partial charge in [-0.1, -0.05) is 97.9 Å². The van der Waals surface area contributed by atoms with Crippen molar-refractivity contribution in [3.8, 4) is 0 Å². The van der Waals surface area contributed by atoms with Crippen molar-refractivity contribution >= 4 is 0 Å². The van der Waals surface area contributed by atoms with Crippen molar-refractivity contribution < 1.29 is 0 Å². The summed E-state index contributed by atoms with van der Waals surface area (Å²) in [7, 11) is 0. The van der Waals surface area contributed by atoms with Crippen LogP contribution in [-0.4, -0.2) is 0 Å². The van der Waals surface area contributed by atoms with Crippen LogP contribution in [-0.2, 0) is 12.8 Å². The van der Waals surface area contributed by atoms with E-state index in [0.29, 0.717) is 5.92 Å². The largest absolute Gasteiger partial charge is 0.0622 e. The molecule has 0 aliphatic rings. The van der Waals surface area contributed by atoms with E-state index in [4.69, 9.17) is 0 Å². The summed E-state index contributed by atoms with van der Waals surface area (Å²) in [5.74, 6) is 2.10. The van der Waals surface area contributed by atoms with Gasteiger partial charge >= 0.3 is 0 Å². The summed E-state index contributed by atoms with van der Waals surface area (Å²) in [6.07, 6.45) is 3.34. The van der Waals surface area contributed by atoms with Crippen LogP contribution in [0.4, 0.5) is 0 Å². The van der Waals surface area contributed by atoms with Crippen molar-refractivity contribution in [3.05, 3.63) is 114 Å². The van der Waals surface area contributed by atoms with Gasteiger partial charge in [-0.15, -0.1) is 0 Å². The Kier molecular flexibility index (Phi) is 5.85. The van der Waals surface area contributed by atoms with Gasteiger partial charge in [-0.3, -0.25) is 0 Å². The minimum Gasteiger partial charge on any atom is -0.0622 e. The summed E-state index contributed by atoms with van der Waals surface area (Å²) in [4.78, 5) is 0. The summed E-state index contributed by atoms with van der Waals surface area (Å²) >= 11 is 0. The molecule has 3 rings (SSSR count). The monoisotopic (exact) mass is 313 g/mol. The second-order valence-electron chi connectivity index (χ2n) is 6.48. The smallest absolute Gasteiger partial charge is 0.0121 e. The zero-order chi connectivity index (χ0) is 16.6. The first-order chi connectivity index (χ1) is 11.8. The average Bonchev–Trinajstić information content (AvgIpc) is 2.66. The van der Waals surface area contributed by atoms with Crippen LogP contribution in [0.2, 0.25) is 0 Å². The van der Waals surface area contributed by atoms with E-state index < -0.39 is 0 Å². The normalized spacial score (nSPS) is 12.2. The Morgan fingerprint density at radius 1 is 0.667 bits per heavy atom. The molecule has 0 N–H and O–H groups in total. The third-order valence-corrected chi connectivity index (χ3v) is 4.69. The van der Waals surface area contributed by atoms with Gasteiger partial charge in [-0.05, 0) is 41.9 Å². The van der Waals surface area contributed by atoms with Crippen molar-refractivity contribution in [1.82, 2.24) is 0 Å². The number of hydrogen-bond donors (Lipinski definition) is 0. The first-order valence-corrected chi connectivity index (χ1v) is 8.82. The summed E-state index contributed by atoms with van der Waals surface area (Å²) < 4.78 is 0. The lowest BCUT2D eigenvalue weighted by atomic mass is 9.80. The maximum absolute atomic E-state index is 2.37. The molecule has 0 amide bonds. The first kappa shape index (κ1) is 16.5. The third-order valence-electron chi connectivity index (χ3n) is 4.69. The van der Waals surface area contributed by atoms with Crippen LogP contribution in [0, 0.1) is 11.8 Å². The Morgan fingerprint density at radius 3 is 1.75 bits per heavy atom. The molecule has 0 bridgehead atoms. The molecule has 1 atom stereocenters. The van der Waals surface area contributed by atoms with Gasteiger partial charge in [-0.2, -0.15) is 0 Å². The lowest BCUT2D eigenvalue weighted by molar-refractivity contribution is 0.546. The van der Waals surface area contributed by atoms with E-state index in [9.17, 15) is 0 Å². The van der Waals surface area contributed by atoms with Crippen molar-refractivity contribution in [1.29, 1.82) is 0 Å². The molecule has 0 spiro atoms. The molecule has 0 heteroatoms. The van der Waals surface area contributed by atoms with Gasteiger partial charge < -0.3 is 0 Å². The highest BCUT2D eigenvalue weighted by atomic mass is 14.2. The Morgan fingerprint density at radius 2 is 1.17 bits per heavy atom. The van der Waals surface area contributed by atoms with E-state index in [1.807, 2.05) is 0 Å². The fourth-order valence-electron chi connectivity index (χ4n) is 3.23. The van der Waals surface area contributed by atoms with Crippen LogP contribution in [0.5, 0.6) is 0 Å². The van der Waals surface area contributed by atoms with Gasteiger partial charge in [0.15, 0.2) is 0 Å². The molecule has 3 aromatic carbocycles. The Labute approximate surface area is 146 Å². The molecule has 24 heavy (non-hydrogen) atoms. The molecule has 0 heterocycles. The summed E-state index contributed by atoms with van der Waals surface area (Å²) in [5.41, 5.74) is 4.20. The lowest BCUT2D eigenvalue weighted by Gasteiger charge is -2.24. The van der Waals surface area contributed by atoms with Crippen molar-refractivity contribution in [2.24, 2.45) is 5.92 Å². The SMILES string of the molecule is CC(CCc1ccccc1)[C](Cc1ccccc1)c1ccccc1. The Hall–Kier alpha value is -2.34. The fraction of sp³-hybridized carbons (Fsp3) is 0.208. The predicted octanol–water partition coefficient (Wildman–Crippen LogP) is 6.12. The fourth-order valence-corrected chi connectivity index (χ4v) is 3.23. The standard InChI is InChI=1S/C24H25/c1-20(17-18-21-11-5-2-6-12-21)24(23-15-9-4-10-16-23)19-22-13-7-3-8-14-22/h2-16,20H,17-19H2,1H3. The van der Waals surface area contributed by atoms with Crippen LogP contribution >= 0.6 is 0 Å². The molecular formula is C24H25. The zero-order valence-corrected chi connectivity index (χ0v) is 14.4. The van der Waals surface area contributed by atoms with E-state index in [1.165, 1.54) is 29.0 Å². The molecule has 0 aliphatic carbocycles. The quantitative estimate of drug-likeness (QED) is 0.493. The average molecular weight is 313 g/mol. The van der Waals surface area contributed by atoms with E-state index in [-0.39, 0.29) is 0 Å².